The van der Waals surface area contributed by atoms with E-state index >= 15 is 0 Å². The minimum Gasteiger partial charge on any atom is -0.298 e. The number of benzene rings is 1. The van der Waals surface area contributed by atoms with Crippen molar-refractivity contribution in [3.8, 4) is 6.07 Å². The first-order valence-corrected chi connectivity index (χ1v) is 4.76. The highest BCUT2D eigenvalue weighted by atomic mass is 35.5. The molecule has 0 saturated heterocycles. The lowest BCUT2D eigenvalue weighted by Crippen LogP contribution is -2.07. The molecule has 4 heteroatoms. The summed E-state index contributed by atoms with van der Waals surface area (Å²) in [5.74, 6) is -0.547. The number of rotatable bonds is 3. The molecular weight excluding hydrogens is 214 g/mol. The van der Waals surface area contributed by atoms with Crippen molar-refractivity contribution in [1.29, 1.82) is 5.26 Å². The number of nitrogens with zero attached hydrogens (tertiary/aromatic N) is 1. The molecule has 0 aliphatic heterocycles. The Morgan fingerprint density at radius 1 is 1.60 bits per heavy atom. The number of hydrogen-bond donors (Lipinski definition) is 0. The fourth-order valence-corrected chi connectivity index (χ4v) is 1.46. The zero-order valence-electron chi connectivity index (χ0n) is 8.08. The number of aldehydes is 1. The van der Waals surface area contributed by atoms with Crippen LogP contribution in [0.1, 0.15) is 31.8 Å². The standard InChI is InChI=1S/C11H8ClNO2/c1-7-2-8(5-13)10(6-14)9(3-7)11(15)4-12/h2-3,6H,4H2,1H3. The SMILES string of the molecule is Cc1cc(C#N)c(C=O)c(C(=O)CCl)c1. The monoisotopic (exact) mass is 221 g/mol. The van der Waals surface area contributed by atoms with Crippen LogP contribution < -0.4 is 0 Å². The van der Waals surface area contributed by atoms with Crippen LogP contribution in [-0.2, 0) is 0 Å². The normalized spacial score (nSPS) is 9.40. The van der Waals surface area contributed by atoms with Gasteiger partial charge >= 0.3 is 0 Å². The van der Waals surface area contributed by atoms with Gasteiger partial charge in [-0.05, 0) is 24.6 Å². The number of hydrogen-bond acceptors (Lipinski definition) is 3. The number of nitriles is 1. The maximum atomic E-state index is 11.4. The van der Waals surface area contributed by atoms with E-state index in [2.05, 4.69) is 0 Å². The van der Waals surface area contributed by atoms with E-state index in [9.17, 15) is 9.59 Å². The Balaban J connectivity index is 3.50. The van der Waals surface area contributed by atoms with Gasteiger partial charge in [0.2, 0.25) is 0 Å². The van der Waals surface area contributed by atoms with Gasteiger partial charge in [-0.3, -0.25) is 9.59 Å². The highest BCUT2D eigenvalue weighted by molar-refractivity contribution is 6.31. The van der Waals surface area contributed by atoms with Crippen LogP contribution in [-0.4, -0.2) is 17.9 Å². The molecule has 0 saturated carbocycles. The summed E-state index contributed by atoms with van der Waals surface area (Å²) in [7, 11) is 0. The molecule has 1 rings (SSSR count). The summed E-state index contributed by atoms with van der Waals surface area (Å²) in [5, 5.41) is 8.80. The number of aryl methyl sites for hydroxylation is 1. The van der Waals surface area contributed by atoms with Crippen LogP contribution in [0.3, 0.4) is 0 Å². The molecule has 0 amide bonds. The van der Waals surface area contributed by atoms with E-state index in [-0.39, 0.29) is 28.4 Å². The van der Waals surface area contributed by atoms with E-state index in [1.807, 2.05) is 6.07 Å². The second kappa shape index (κ2) is 4.72. The quantitative estimate of drug-likeness (QED) is 0.446. The third-order valence-electron chi connectivity index (χ3n) is 1.98. The third kappa shape index (κ3) is 2.23. The molecule has 0 radical (unpaired) electrons. The second-order valence-electron chi connectivity index (χ2n) is 3.06. The molecule has 0 spiro atoms. The molecule has 76 valence electrons. The van der Waals surface area contributed by atoms with E-state index in [4.69, 9.17) is 16.9 Å². The second-order valence-corrected chi connectivity index (χ2v) is 3.33. The van der Waals surface area contributed by atoms with Gasteiger partial charge in [0.05, 0.1) is 17.5 Å². The number of alkyl halides is 1. The van der Waals surface area contributed by atoms with Crippen molar-refractivity contribution in [3.05, 3.63) is 34.4 Å². The number of carbonyl (C=O) groups excluding carboxylic acids is 2. The van der Waals surface area contributed by atoms with Gasteiger partial charge in [0.25, 0.3) is 0 Å². The predicted octanol–water partition coefficient (Wildman–Crippen LogP) is 2.10. The summed E-state index contributed by atoms with van der Waals surface area (Å²) in [6.07, 6.45) is 0.512. The average Bonchev–Trinajstić information content (AvgIpc) is 2.26. The van der Waals surface area contributed by atoms with Gasteiger partial charge in [-0.15, -0.1) is 11.6 Å². The van der Waals surface area contributed by atoms with E-state index in [1.54, 1.807) is 19.1 Å². The third-order valence-corrected chi connectivity index (χ3v) is 2.23. The number of carbonyl (C=O) groups is 2. The van der Waals surface area contributed by atoms with Crippen LogP contribution in [0.5, 0.6) is 0 Å². The van der Waals surface area contributed by atoms with E-state index in [0.29, 0.717) is 6.29 Å². The van der Waals surface area contributed by atoms with Gasteiger partial charge in [-0.1, -0.05) is 0 Å². The Labute approximate surface area is 92.3 Å². The first kappa shape index (κ1) is 11.4. The molecule has 1 aromatic rings. The molecule has 0 aliphatic rings. The molecule has 1 aromatic carbocycles. The number of Topliss-reactive ketones (excluding diaryl/α,β-unsaturated/α-hetero) is 1. The highest BCUT2D eigenvalue weighted by Gasteiger charge is 2.14. The van der Waals surface area contributed by atoms with Crippen molar-refractivity contribution in [1.82, 2.24) is 0 Å². The first-order chi connectivity index (χ1) is 7.13. The number of ketones is 1. The smallest absolute Gasteiger partial charge is 0.178 e. The Kier molecular flexibility index (Phi) is 3.59. The summed E-state index contributed by atoms with van der Waals surface area (Å²) in [6, 6.07) is 5.01. The average molecular weight is 222 g/mol. The summed E-state index contributed by atoms with van der Waals surface area (Å²) < 4.78 is 0. The molecule has 0 N–H and O–H groups in total. The molecule has 0 bridgehead atoms. The van der Waals surface area contributed by atoms with Crippen LogP contribution in [0, 0.1) is 18.3 Å². The van der Waals surface area contributed by atoms with Crippen LogP contribution in [0.25, 0.3) is 0 Å². The lowest BCUT2D eigenvalue weighted by atomic mass is 9.97. The Morgan fingerprint density at radius 3 is 2.73 bits per heavy atom. The molecule has 0 fully saturated rings. The lowest BCUT2D eigenvalue weighted by Gasteiger charge is -2.05. The number of halogens is 1. The molecule has 0 aromatic heterocycles. The van der Waals surface area contributed by atoms with E-state index in [0.717, 1.165) is 5.56 Å². The molecule has 0 atom stereocenters. The van der Waals surface area contributed by atoms with E-state index < -0.39 is 0 Å². The van der Waals surface area contributed by atoms with E-state index in [1.165, 1.54) is 0 Å². The van der Waals surface area contributed by atoms with Crippen molar-refractivity contribution >= 4 is 23.7 Å². The van der Waals surface area contributed by atoms with Crippen molar-refractivity contribution in [2.24, 2.45) is 0 Å². The van der Waals surface area contributed by atoms with Crippen LogP contribution >= 0.6 is 11.6 Å². The van der Waals surface area contributed by atoms with Gasteiger partial charge in [0.15, 0.2) is 12.1 Å². The Bertz CT molecular complexity index is 460. The van der Waals surface area contributed by atoms with Gasteiger partial charge in [-0.25, -0.2) is 0 Å². The van der Waals surface area contributed by atoms with Crippen LogP contribution in [0.15, 0.2) is 12.1 Å². The Morgan fingerprint density at radius 2 is 2.27 bits per heavy atom. The van der Waals surface area contributed by atoms with Crippen LogP contribution in [0.4, 0.5) is 0 Å². The lowest BCUT2D eigenvalue weighted by molar-refractivity contribution is 0.101. The fraction of sp³-hybridized carbons (Fsp3) is 0.182. The van der Waals surface area contributed by atoms with Crippen molar-refractivity contribution in [3.63, 3.8) is 0 Å². The molecule has 0 unspecified atom stereocenters. The molecule has 0 aliphatic carbocycles. The van der Waals surface area contributed by atoms with Gasteiger partial charge < -0.3 is 0 Å². The van der Waals surface area contributed by atoms with Crippen molar-refractivity contribution in [2.75, 3.05) is 5.88 Å². The minimum absolute atomic E-state index is 0.119. The molecule has 0 heterocycles. The summed E-state index contributed by atoms with van der Waals surface area (Å²) >= 11 is 5.41. The van der Waals surface area contributed by atoms with Gasteiger partial charge in [0.1, 0.15) is 0 Å². The minimum atomic E-state index is -0.348. The molecule has 3 nitrogen and oxygen atoms in total. The molecule has 15 heavy (non-hydrogen) atoms. The van der Waals surface area contributed by atoms with Gasteiger partial charge in [-0.2, -0.15) is 5.26 Å². The van der Waals surface area contributed by atoms with Crippen molar-refractivity contribution in [2.45, 2.75) is 6.92 Å². The maximum Gasteiger partial charge on any atom is 0.178 e. The Hall–Kier alpha value is -1.66. The van der Waals surface area contributed by atoms with Crippen molar-refractivity contribution < 1.29 is 9.59 Å². The first-order valence-electron chi connectivity index (χ1n) is 4.23. The zero-order chi connectivity index (χ0) is 11.4. The zero-order valence-corrected chi connectivity index (χ0v) is 8.84. The largest absolute Gasteiger partial charge is 0.298 e. The van der Waals surface area contributed by atoms with Crippen LogP contribution in [0.2, 0.25) is 0 Å². The fourth-order valence-electron chi connectivity index (χ4n) is 1.32. The summed E-state index contributed by atoms with van der Waals surface area (Å²) in [5.41, 5.74) is 1.30. The topological polar surface area (TPSA) is 57.9 Å². The predicted molar refractivity (Wildman–Crippen MR) is 56.3 cm³/mol. The summed E-state index contributed by atoms with van der Waals surface area (Å²) in [6.45, 7) is 1.75. The highest BCUT2D eigenvalue weighted by Crippen LogP contribution is 2.16. The summed E-state index contributed by atoms with van der Waals surface area (Å²) in [4.78, 5) is 22.2. The van der Waals surface area contributed by atoms with Gasteiger partial charge in [0, 0.05) is 11.1 Å². The molecular formula is C11H8ClNO2. The maximum absolute atomic E-state index is 11.4.